The largest absolute Gasteiger partial charge is 0.362 e. The third-order valence-corrected chi connectivity index (χ3v) is 4.78. The Kier molecular flexibility index (Phi) is 4.24. The van der Waals surface area contributed by atoms with Gasteiger partial charge in [-0.05, 0) is 43.9 Å². The third kappa shape index (κ3) is 3.03. The molecule has 0 saturated carbocycles. The fourth-order valence-corrected chi connectivity index (χ4v) is 3.61. The van der Waals surface area contributed by atoms with Gasteiger partial charge >= 0.3 is 0 Å². The Hall–Kier alpha value is -1.39. The van der Waals surface area contributed by atoms with Crippen molar-refractivity contribution < 1.29 is 4.74 Å². The highest BCUT2D eigenvalue weighted by Crippen LogP contribution is 2.47. The molecule has 2 aromatic rings. The van der Waals surface area contributed by atoms with Gasteiger partial charge in [0.25, 0.3) is 0 Å². The monoisotopic (exact) mass is 319 g/mol. The van der Waals surface area contributed by atoms with E-state index >= 15 is 0 Å². The smallest absolute Gasteiger partial charge is 0.137 e. The predicted octanol–water partition coefficient (Wildman–Crippen LogP) is 4.20. The van der Waals surface area contributed by atoms with Crippen molar-refractivity contribution in [1.82, 2.24) is 14.8 Å². The molecule has 22 heavy (non-hydrogen) atoms. The second-order valence-electron chi connectivity index (χ2n) is 6.40. The second kappa shape index (κ2) is 6.01. The van der Waals surface area contributed by atoms with Crippen LogP contribution in [0, 0.1) is 0 Å². The normalized spacial score (nSPS) is 28.1. The number of hydrogen-bond acceptors (Lipinski definition) is 3. The van der Waals surface area contributed by atoms with Crippen molar-refractivity contribution in [3.05, 3.63) is 47.5 Å². The Morgan fingerprint density at radius 2 is 2.05 bits per heavy atom. The van der Waals surface area contributed by atoms with Crippen molar-refractivity contribution in [3.63, 3.8) is 0 Å². The number of rotatable bonds is 5. The van der Waals surface area contributed by atoms with E-state index in [2.05, 4.69) is 36.1 Å². The highest BCUT2D eigenvalue weighted by molar-refractivity contribution is 6.30. The Balaban J connectivity index is 1.94. The summed E-state index contributed by atoms with van der Waals surface area (Å²) in [5, 5.41) is 5.01. The molecule has 1 aliphatic heterocycles. The molecule has 3 rings (SSSR count). The molecule has 2 heterocycles. The van der Waals surface area contributed by atoms with Crippen molar-refractivity contribution in [2.24, 2.45) is 0 Å². The molecular weight excluding hydrogens is 298 g/mol. The van der Waals surface area contributed by atoms with Crippen LogP contribution in [0.25, 0.3) is 0 Å². The van der Waals surface area contributed by atoms with E-state index in [1.807, 2.05) is 16.8 Å². The van der Waals surface area contributed by atoms with Gasteiger partial charge in [-0.2, -0.15) is 5.10 Å². The van der Waals surface area contributed by atoms with Crippen molar-refractivity contribution >= 4 is 11.6 Å². The lowest BCUT2D eigenvalue weighted by Crippen LogP contribution is -2.35. The maximum Gasteiger partial charge on any atom is 0.137 e. The fourth-order valence-electron chi connectivity index (χ4n) is 3.48. The number of ether oxygens (including phenoxy) is 1. The summed E-state index contributed by atoms with van der Waals surface area (Å²) in [6, 6.07) is 7.99. The minimum Gasteiger partial charge on any atom is -0.362 e. The maximum atomic E-state index is 6.64. The first-order chi connectivity index (χ1) is 10.6. The molecule has 118 valence electrons. The molecule has 1 fully saturated rings. The van der Waals surface area contributed by atoms with E-state index in [1.165, 1.54) is 0 Å². The summed E-state index contributed by atoms with van der Waals surface area (Å²) in [6.07, 6.45) is 7.53. The fraction of sp³-hybridized carbons (Fsp3) is 0.529. The molecule has 0 radical (unpaired) electrons. The van der Waals surface area contributed by atoms with Gasteiger partial charge in [0.15, 0.2) is 0 Å². The van der Waals surface area contributed by atoms with Gasteiger partial charge < -0.3 is 4.74 Å². The van der Waals surface area contributed by atoms with E-state index in [0.717, 1.165) is 36.3 Å². The van der Waals surface area contributed by atoms with Crippen molar-refractivity contribution in [2.45, 2.75) is 57.3 Å². The summed E-state index contributed by atoms with van der Waals surface area (Å²) in [4.78, 5) is 4.05. The summed E-state index contributed by atoms with van der Waals surface area (Å²) in [7, 11) is 0. The molecule has 0 spiro atoms. The van der Waals surface area contributed by atoms with Crippen molar-refractivity contribution in [1.29, 1.82) is 0 Å². The van der Waals surface area contributed by atoms with Gasteiger partial charge in [0.05, 0.1) is 12.1 Å². The van der Waals surface area contributed by atoms with Gasteiger partial charge in [0.1, 0.15) is 18.3 Å². The van der Waals surface area contributed by atoms with Crippen LogP contribution in [0.5, 0.6) is 0 Å². The van der Waals surface area contributed by atoms with Gasteiger partial charge in [0, 0.05) is 5.02 Å². The predicted molar refractivity (Wildman–Crippen MR) is 86.8 cm³/mol. The number of benzene rings is 1. The van der Waals surface area contributed by atoms with Crippen LogP contribution in [0.1, 0.15) is 45.1 Å². The lowest BCUT2D eigenvalue weighted by molar-refractivity contribution is -0.113. The van der Waals surface area contributed by atoms with Gasteiger partial charge in [-0.25, -0.2) is 9.67 Å². The first-order valence-electron chi connectivity index (χ1n) is 7.84. The zero-order valence-corrected chi connectivity index (χ0v) is 13.9. The SMILES string of the molecule is CCCC1(C)CCC(Cn2cncn2)(c2ccc(Cl)cc2)O1. The minimum absolute atomic E-state index is 0.0744. The van der Waals surface area contributed by atoms with E-state index < -0.39 is 0 Å². The first-order valence-corrected chi connectivity index (χ1v) is 8.22. The van der Waals surface area contributed by atoms with E-state index in [1.54, 1.807) is 12.7 Å². The Morgan fingerprint density at radius 3 is 2.68 bits per heavy atom. The van der Waals surface area contributed by atoms with Crippen LogP contribution in [0.15, 0.2) is 36.9 Å². The molecule has 2 atom stereocenters. The quantitative estimate of drug-likeness (QED) is 0.829. The zero-order valence-electron chi connectivity index (χ0n) is 13.1. The average Bonchev–Trinajstić information content (AvgIpc) is 3.09. The van der Waals surface area contributed by atoms with E-state index in [9.17, 15) is 0 Å². The molecule has 1 aromatic carbocycles. The molecule has 2 unspecified atom stereocenters. The molecule has 1 saturated heterocycles. The van der Waals surface area contributed by atoms with Gasteiger partial charge in [-0.3, -0.25) is 0 Å². The van der Waals surface area contributed by atoms with Crippen LogP contribution in [0.2, 0.25) is 5.02 Å². The number of aromatic nitrogens is 3. The van der Waals surface area contributed by atoms with Crippen LogP contribution < -0.4 is 0 Å². The molecule has 0 bridgehead atoms. The Morgan fingerprint density at radius 1 is 1.27 bits per heavy atom. The summed E-state index contributed by atoms with van der Waals surface area (Å²) < 4.78 is 8.50. The van der Waals surface area contributed by atoms with Crippen molar-refractivity contribution in [3.8, 4) is 0 Å². The standard InChI is InChI=1S/C17H22ClN3O/c1-3-8-16(2)9-10-17(22-16,11-21-13-19-12-20-21)14-4-6-15(18)7-5-14/h4-7,12-13H,3,8-11H2,1-2H3. The maximum absolute atomic E-state index is 6.64. The molecule has 5 heteroatoms. The van der Waals surface area contributed by atoms with Crippen molar-refractivity contribution in [2.75, 3.05) is 0 Å². The van der Waals surface area contributed by atoms with Crippen LogP contribution in [-0.4, -0.2) is 20.4 Å². The Labute approximate surface area is 136 Å². The molecular formula is C17H22ClN3O. The molecule has 0 aliphatic carbocycles. The number of nitrogens with zero attached hydrogens (tertiary/aromatic N) is 3. The van der Waals surface area contributed by atoms with Gasteiger partial charge in [-0.1, -0.05) is 37.1 Å². The highest BCUT2D eigenvalue weighted by Gasteiger charge is 2.47. The lowest BCUT2D eigenvalue weighted by Gasteiger charge is -2.33. The van der Waals surface area contributed by atoms with Gasteiger partial charge in [-0.15, -0.1) is 0 Å². The topological polar surface area (TPSA) is 39.9 Å². The average molecular weight is 320 g/mol. The van der Waals surface area contributed by atoms with Gasteiger partial charge in [0.2, 0.25) is 0 Å². The van der Waals surface area contributed by atoms with Crippen LogP contribution in [-0.2, 0) is 16.9 Å². The van der Waals surface area contributed by atoms with E-state index in [-0.39, 0.29) is 11.2 Å². The molecule has 4 nitrogen and oxygen atoms in total. The third-order valence-electron chi connectivity index (χ3n) is 4.53. The highest BCUT2D eigenvalue weighted by atomic mass is 35.5. The van der Waals surface area contributed by atoms with Crippen LogP contribution in [0.3, 0.4) is 0 Å². The summed E-state index contributed by atoms with van der Waals surface area (Å²) in [5.74, 6) is 0. The lowest BCUT2D eigenvalue weighted by atomic mass is 9.89. The van der Waals surface area contributed by atoms with Crippen LogP contribution >= 0.6 is 11.6 Å². The Bertz CT molecular complexity index is 613. The summed E-state index contributed by atoms with van der Waals surface area (Å²) >= 11 is 6.04. The zero-order chi connectivity index (χ0) is 15.6. The van der Waals surface area contributed by atoms with E-state index in [4.69, 9.17) is 16.3 Å². The molecule has 0 N–H and O–H groups in total. The van der Waals surface area contributed by atoms with E-state index in [0.29, 0.717) is 6.54 Å². The molecule has 1 aromatic heterocycles. The molecule has 0 amide bonds. The second-order valence-corrected chi connectivity index (χ2v) is 6.83. The molecule has 1 aliphatic rings. The summed E-state index contributed by atoms with van der Waals surface area (Å²) in [5.41, 5.74) is 0.726. The van der Waals surface area contributed by atoms with Crippen LogP contribution in [0.4, 0.5) is 0 Å². The number of hydrogen-bond donors (Lipinski definition) is 0. The first kappa shape index (κ1) is 15.5. The number of halogens is 1. The minimum atomic E-state index is -0.359. The summed E-state index contributed by atoms with van der Waals surface area (Å²) in [6.45, 7) is 5.10.